The number of amides is 1. The van der Waals surface area contributed by atoms with Crippen molar-refractivity contribution in [2.75, 3.05) is 26.9 Å². The van der Waals surface area contributed by atoms with E-state index in [-0.39, 0.29) is 23.8 Å². The maximum Gasteiger partial charge on any atom is 0.292 e. The number of aromatic nitrogens is 1. The van der Waals surface area contributed by atoms with E-state index in [0.29, 0.717) is 19.8 Å². The minimum absolute atomic E-state index is 0.00720. The van der Waals surface area contributed by atoms with E-state index in [0.717, 1.165) is 12.8 Å². The lowest BCUT2D eigenvalue weighted by Crippen LogP contribution is -2.42. The number of ether oxygens (including phenoxy) is 2. The van der Waals surface area contributed by atoms with Crippen molar-refractivity contribution >= 4 is 5.91 Å². The summed E-state index contributed by atoms with van der Waals surface area (Å²) in [6.07, 6.45) is 3.04. The Balaban J connectivity index is 1.75. The van der Waals surface area contributed by atoms with E-state index in [1.165, 1.54) is 11.8 Å². The van der Waals surface area contributed by atoms with Crippen molar-refractivity contribution < 1.29 is 18.8 Å². The molecule has 0 radical (unpaired) electrons. The van der Waals surface area contributed by atoms with Gasteiger partial charge in [-0.25, -0.2) is 0 Å². The van der Waals surface area contributed by atoms with Crippen LogP contribution in [-0.4, -0.2) is 55.0 Å². The number of carbonyl (C=O) groups is 1. The summed E-state index contributed by atoms with van der Waals surface area (Å²) < 4.78 is 16.1. The fourth-order valence-corrected chi connectivity index (χ4v) is 3.12. The van der Waals surface area contributed by atoms with Crippen LogP contribution in [0, 0.1) is 0 Å². The molecule has 1 aliphatic rings. The fourth-order valence-electron chi connectivity index (χ4n) is 3.12. The summed E-state index contributed by atoms with van der Waals surface area (Å²) in [6.45, 7) is 1.72. The van der Waals surface area contributed by atoms with Crippen LogP contribution in [0.15, 0.2) is 47.1 Å². The summed E-state index contributed by atoms with van der Waals surface area (Å²) in [7, 11) is 1.65. The highest BCUT2D eigenvalue weighted by molar-refractivity contribution is 5.91. The molecule has 0 bridgehead atoms. The van der Waals surface area contributed by atoms with Crippen molar-refractivity contribution in [2.24, 2.45) is 0 Å². The molecular formula is C18H22N2O4. The molecule has 6 nitrogen and oxygen atoms in total. The standard InChI is InChI=1S/C18H22N2O4/c1-22-11-12-23-16-8-10-20(18(21)17-7-9-19-24-17)15(16)13-14-5-3-2-4-6-14/h2-7,9,15-16H,8,10-13H2,1H3/t15-,16+/m0/s1. The van der Waals surface area contributed by atoms with Crippen LogP contribution >= 0.6 is 0 Å². The van der Waals surface area contributed by atoms with E-state index in [9.17, 15) is 4.79 Å². The van der Waals surface area contributed by atoms with Crippen molar-refractivity contribution in [1.82, 2.24) is 10.1 Å². The van der Waals surface area contributed by atoms with Crippen LogP contribution in [0.1, 0.15) is 22.5 Å². The number of hydrogen-bond acceptors (Lipinski definition) is 5. The molecule has 1 fully saturated rings. The third-order valence-electron chi connectivity index (χ3n) is 4.30. The van der Waals surface area contributed by atoms with Gasteiger partial charge in [0.2, 0.25) is 5.76 Å². The number of likely N-dealkylation sites (tertiary alicyclic amines) is 1. The summed E-state index contributed by atoms with van der Waals surface area (Å²) >= 11 is 0. The van der Waals surface area contributed by atoms with Gasteiger partial charge in [-0.05, 0) is 18.4 Å². The van der Waals surface area contributed by atoms with Gasteiger partial charge in [-0.3, -0.25) is 4.79 Å². The quantitative estimate of drug-likeness (QED) is 0.728. The van der Waals surface area contributed by atoms with E-state index >= 15 is 0 Å². The van der Waals surface area contributed by atoms with Crippen LogP contribution < -0.4 is 0 Å². The van der Waals surface area contributed by atoms with Gasteiger partial charge in [0.1, 0.15) is 0 Å². The Kier molecular flexibility index (Phi) is 5.61. The number of hydrogen-bond donors (Lipinski definition) is 0. The molecule has 0 aliphatic carbocycles. The summed E-state index contributed by atoms with van der Waals surface area (Å²) in [4.78, 5) is 14.5. The number of carbonyl (C=O) groups excluding carboxylic acids is 1. The van der Waals surface area contributed by atoms with Gasteiger partial charge in [-0.15, -0.1) is 0 Å². The highest BCUT2D eigenvalue weighted by Crippen LogP contribution is 2.26. The molecule has 0 saturated carbocycles. The summed E-state index contributed by atoms with van der Waals surface area (Å²) in [6, 6.07) is 11.7. The number of benzene rings is 1. The molecule has 0 N–H and O–H groups in total. The Hall–Kier alpha value is -2.18. The SMILES string of the molecule is COCCO[C@@H]1CCN(C(=O)c2ccno2)[C@H]1Cc1ccccc1. The van der Waals surface area contributed by atoms with Crippen LogP contribution in [-0.2, 0) is 15.9 Å². The molecule has 2 atom stereocenters. The second-order valence-electron chi connectivity index (χ2n) is 5.82. The second kappa shape index (κ2) is 8.08. The molecule has 1 amide bonds. The Morgan fingerprint density at radius 1 is 1.29 bits per heavy atom. The van der Waals surface area contributed by atoms with Gasteiger partial charge in [0.15, 0.2) is 0 Å². The molecule has 0 unspecified atom stereocenters. The highest BCUT2D eigenvalue weighted by Gasteiger charge is 2.39. The molecule has 3 rings (SSSR count). The lowest BCUT2D eigenvalue weighted by Gasteiger charge is -2.27. The molecule has 1 aromatic carbocycles. The molecular weight excluding hydrogens is 308 g/mol. The largest absolute Gasteiger partial charge is 0.382 e. The average molecular weight is 330 g/mol. The predicted octanol–water partition coefficient (Wildman–Crippen LogP) is 2.16. The van der Waals surface area contributed by atoms with Crippen molar-refractivity contribution in [3.63, 3.8) is 0 Å². The van der Waals surface area contributed by atoms with Gasteiger partial charge in [-0.1, -0.05) is 35.5 Å². The summed E-state index contributed by atoms with van der Waals surface area (Å²) in [5.41, 5.74) is 1.18. The Morgan fingerprint density at radius 2 is 2.12 bits per heavy atom. The van der Waals surface area contributed by atoms with Gasteiger partial charge in [-0.2, -0.15) is 0 Å². The van der Waals surface area contributed by atoms with Gasteiger partial charge >= 0.3 is 0 Å². The van der Waals surface area contributed by atoms with Gasteiger partial charge in [0.25, 0.3) is 5.91 Å². The van der Waals surface area contributed by atoms with E-state index in [1.807, 2.05) is 23.1 Å². The minimum Gasteiger partial charge on any atom is -0.382 e. The summed E-state index contributed by atoms with van der Waals surface area (Å²) in [5, 5.41) is 3.63. The zero-order valence-electron chi connectivity index (χ0n) is 13.8. The zero-order chi connectivity index (χ0) is 16.8. The predicted molar refractivity (Wildman–Crippen MR) is 87.7 cm³/mol. The Bertz CT molecular complexity index is 630. The first-order chi connectivity index (χ1) is 11.8. The molecule has 0 spiro atoms. The molecule has 128 valence electrons. The minimum atomic E-state index is -0.133. The smallest absolute Gasteiger partial charge is 0.292 e. The van der Waals surface area contributed by atoms with Crippen LogP contribution in [0.3, 0.4) is 0 Å². The number of rotatable bonds is 7. The molecule has 1 saturated heterocycles. The Morgan fingerprint density at radius 3 is 2.83 bits per heavy atom. The molecule has 2 heterocycles. The lowest BCUT2D eigenvalue weighted by molar-refractivity contribution is 0.000000115. The fraction of sp³-hybridized carbons (Fsp3) is 0.444. The Labute approximate surface area is 141 Å². The van der Waals surface area contributed by atoms with Gasteiger partial charge in [0.05, 0.1) is 31.6 Å². The van der Waals surface area contributed by atoms with Crippen molar-refractivity contribution in [3.8, 4) is 0 Å². The van der Waals surface area contributed by atoms with Crippen LogP contribution in [0.25, 0.3) is 0 Å². The molecule has 2 aromatic rings. The topological polar surface area (TPSA) is 64.8 Å². The first kappa shape index (κ1) is 16.7. The number of methoxy groups -OCH3 is 1. The van der Waals surface area contributed by atoms with Crippen molar-refractivity contribution in [3.05, 3.63) is 53.9 Å². The van der Waals surface area contributed by atoms with E-state index < -0.39 is 0 Å². The first-order valence-electron chi connectivity index (χ1n) is 8.15. The van der Waals surface area contributed by atoms with E-state index in [4.69, 9.17) is 14.0 Å². The normalized spacial score (nSPS) is 20.5. The number of nitrogens with zero attached hydrogens (tertiary/aromatic N) is 2. The monoisotopic (exact) mass is 330 g/mol. The van der Waals surface area contributed by atoms with Crippen LogP contribution in [0.2, 0.25) is 0 Å². The molecule has 24 heavy (non-hydrogen) atoms. The van der Waals surface area contributed by atoms with E-state index in [2.05, 4.69) is 17.3 Å². The second-order valence-corrected chi connectivity index (χ2v) is 5.82. The zero-order valence-corrected chi connectivity index (χ0v) is 13.8. The van der Waals surface area contributed by atoms with E-state index in [1.54, 1.807) is 13.2 Å². The maximum absolute atomic E-state index is 12.7. The first-order valence-corrected chi connectivity index (χ1v) is 8.15. The molecule has 1 aliphatic heterocycles. The van der Waals surface area contributed by atoms with Gasteiger partial charge in [0, 0.05) is 19.7 Å². The lowest BCUT2D eigenvalue weighted by atomic mass is 10.0. The van der Waals surface area contributed by atoms with Crippen LogP contribution in [0.4, 0.5) is 0 Å². The molecule has 1 aromatic heterocycles. The third-order valence-corrected chi connectivity index (χ3v) is 4.30. The molecule has 6 heteroatoms. The highest BCUT2D eigenvalue weighted by atomic mass is 16.5. The average Bonchev–Trinajstić information content (AvgIpc) is 3.26. The maximum atomic E-state index is 12.7. The summed E-state index contributed by atoms with van der Waals surface area (Å²) in [5.74, 6) is 0.136. The van der Waals surface area contributed by atoms with Crippen LogP contribution in [0.5, 0.6) is 0 Å². The third kappa shape index (κ3) is 3.83. The van der Waals surface area contributed by atoms with Crippen molar-refractivity contribution in [1.29, 1.82) is 0 Å². The van der Waals surface area contributed by atoms with Gasteiger partial charge < -0.3 is 18.9 Å². The van der Waals surface area contributed by atoms with Crippen molar-refractivity contribution in [2.45, 2.75) is 25.0 Å².